The molecule has 0 radical (unpaired) electrons. The van der Waals surface area contributed by atoms with Gasteiger partial charge in [0.25, 0.3) is 0 Å². The van der Waals surface area contributed by atoms with Crippen molar-refractivity contribution < 1.29 is 18.9 Å². The van der Waals surface area contributed by atoms with Crippen molar-refractivity contribution in [1.82, 2.24) is 0 Å². The Morgan fingerprint density at radius 2 is 1.56 bits per heavy atom. The van der Waals surface area contributed by atoms with Crippen molar-refractivity contribution >= 4 is 0 Å². The van der Waals surface area contributed by atoms with Crippen LogP contribution in [0.3, 0.4) is 0 Å². The zero-order valence-corrected chi connectivity index (χ0v) is 14.1. The third-order valence-electron chi connectivity index (χ3n) is 4.28. The smallest absolute Gasteiger partial charge is 0.122 e. The zero-order valence-electron chi connectivity index (χ0n) is 14.1. The van der Waals surface area contributed by atoms with E-state index < -0.39 is 0 Å². The van der Waals surface area contributed by atoms with E-state index >= 15 is 0 Å². The molecular formula is C21H22O4. The number of hydrogen-bond donors (Lipinski definition) is 0. The minimum absolute atomic E-state index is 0.254. The van der Waals surface area contributed by atoms with Crippen molar-refractivity contribution in [1.29, 1.82) is 0 Å². The van der Waals surface area contributed by atoms with Crippen LogP contribution in [0.1, 0.15) is 5.56 Å². The molecule has 2 fully saturated rings. The number of epoxide rings is 2. The Bertz CT molecular complexity index is 730. The highest BCUT2D eigenvalue weighted by atomic mass is 16.6. The van der Waals surface area contributed by atoms with Crippen molar-refractivity contribution in [3.63, 3.8) is 0 Å². The van der Waals surface area contributed by atoms with Crippen LogP contribution in [0.4, 0.5) is 0 Å². The Morgan fingerprint density at radius 1 is 0.920 bits per heavy atom. The van der Waals surface area contributed by atoms with Gasteiger partial charge in [-0.3, -0.25) is 0 Å². The number of allylic oxidation sites excluding steroid dienone is 1. The molecule has 0 aliphatic carbocycles. The van der Waals surface area contributed by atoms with Gasteiger partial charge in [-0.05, 0) is 47.4 Å². The summed E-state index contributed by atoms with van der Waals surface area (Å²) in [6.07, 6.45) is 3.20. The maximum atomic E-state index is 5.88. The van der Waals surface area contributed by atoms with Gasteiger partial charge in [0.15, 0.2) is 0 Å². The minimum Gasteiger partial charge on any atom is -0.491 e. The number of rotatable bonds is 9. The molecule has 2 aromatic rings. The fourth-order valence-corrected chi connectivity index (χ4v) is 2.66. The first-order chi connectivity index (χ1) is 12.3. The maximum absolute atomic E-state index is 5.88. The van der Waals surface area contributed by atoms with Gasteiger partial charge in [0.2, 0.25) is 0 Å². The summed E-state index contributed by atoms with van der Waals surface area (Å²) in [7, 11) is 0. The molecule has 2 aliphatic rings. The molecule has 4 rings (SSSR count). The fraction of sp³-hybridized carbons (Fsp3) is 0.333. The first kappa shape index (κ1) is 16.2. The summed E-state index contributed by atoms with van der Waals surface area (Å²) in [6.45, 7) is 6.70. The largest absolute Gasteiger partial charge is 0.491 e. The highest BCUT2D eigenvalue weighted by Gasteiger charge is 2.24. The number of benzene rings is 2. The molecule has 0 bridgehead atoms. The third kappa shape index (κ3) is 4.41. The second-order valence-corrected chi connectivity index (χ2v) is 6.37. The van der Waals surface area contributed by atoms with Crippen molar-refractivity contribution in [3.05, 3.63) is 60.7 Å². The topological polar surface area (TPSA) is 43.5 Å². The molecule has 0 aromatic heterocycles. The predicted molar refractivity (Wildman–Crippen MR) is 96.2 cm³/mol. The lowest BCUT2D eigenvalue weighted by Crippen LogP contribution is -2.05. The zero-order chi connectivity index (χ0) is 17.1. The van der Waals surface area contributed by atoms with Gasteiger partial charge in [-0.2, -0.15) is 0 Å². The van der Waals surface area contributed by atoms with Crippen molar-refractivity contribution in [3.8, 4) is 22.6 Å². The summed E-state index contributed by atoms with van der Waals surface area (Å²) in [5.74, 6) is 1.78. The Labute approximate surface area is 148 Å². The highest BCUT2D eigenvalue weighted by molar-refractivity contribution is 5.66. The molecule has 2 aliphatic heterocycles. The van der Waals surface area contributed by atoms with Crippen LogP contribution >= 0.6 is 0 Å². The van der Waals surface area contributed by atoms with E-state index in [9.17, 15) is 0 Å². The summed E-state index contributed by atoms with van der Waals surface area (Å²) in [4.78, 5) is 0. The molecule has 0 saturated carbocycles. The van der Waals surface area contributed by atoms with Crippen LogP contribution in [-0.2, 0) is 15.9 Å². The maximum Gasteiger partial charge on any atom is 0.122 e. The van der Waals surface area contributed by atoms with Gasteiger partial charge in [0.05, 0.1) is 13.2 Å². The van der Waals surface area contributed by atoms with Gasteiger partial charge in [-0.15, -0.1) is 6.58 Å². The molecule has 1 unspecified atom stereocenters. The van der Waals surface area contributed by atoms with E-state index in [1.165, 1.54) is 0 Å². The summed E-state index contributed by atoms with van der Waals surface area (Å²) in [5.41, 5.74) is 3.45. The van der Waals surface area contributed by atoms with Gasteiger partial charge in [-0.1, -0.05) is 24.3 Å². The molecule has 25 heavy (non-hydrogen) atoms. The van der Waals surface area contributed by atoms with E-state index in [1.54, 1.807) is 0 Å². The van der Waals surface area contributed by atoms with Crippen LogP contribution in [0, 0.1) is 0 Å². The Balaban J connectivity index is 1.47. The minimum atomic E-state index is 0.254. The predicted octanol–water partition coefficient (Wildman–Crippen LogP) is 3.64. The average molecular weight is 338 g/mol. The monoisotopic (exact) mass is 338 g/mol. The Morgan fingerprint density at radius 3 is 2.20 bits per heavy atom. The molecule has 0 spiro atoms. The third-order valence-corrected chi connectivity index (χ3v) is 4.28. The Kier molecular flexibility index (Phi) is 4.72. The molecule has 2 aromatic carbocycles. The SMILES string of the molecule is C=CCc1cc(-c2ccc(OC[C@@H]3CO3)cc2)ccc1OCC1CO1. The summed E-state index contributed by atoms with van der Waals surface area (Å²) in [5, 5.41) is 0. The van der Waals surface area contributed by atoms with E-state index in [2.05, 4.69) is 30.8 Å². The lowest BCUT2D eigenvalue weighted by Gasteiger charge is -2.12. The van der Waals surface area contributed by atoms with Gasteiger partial charge in [0.1, 0.15) is 36.9 Å². The lowest BCUT2D eigenvalue weighted by molar-refractivity contribution is 0.261. The first-order valence-electron chi connectivity index (χ1n) is 8.65. The second-order valence-electron chi connectivity index (χ2n) is 6.37. The second kappa shape index (κ2) is 7.30. The Hall–Kier alpha value is -2.30. The van der Waals surface area contributed by atoms with Gasteiger partial charge < -0.3 is 18.9 Å². The number of ether oxygens (including phenoxy) is 4. The highest BCUT2D eigenvalue weighted by Crippen LogP contribution is 2.29. The molecule has 0 amide bonds. The fourth-order valence-electron chi connectivity index (χ4n) is 2.66. The van der Waals surface area contributed by atoms with Crippen LogP contribution in [0.5, 0.6) is 11.5 Å². The van der Waals surface area contributed by atoms with Crippen molar-refractivity contribution in [2.75, 3.05) is 26.4 Å². The molecule has 130 valence electrons. The first-order valence-corrected chi connectivity index (χ1v) is 8.65. The van der Waals surface area contributed by atoms with Gasteiger partial charge in [-0.25, -0.2) is 0 Å². The molecule has 2 atom stereocenters. The summed E-state index contributed by atoms with van der Waals surface area (Å²) >= 11 is 0. The molecule has 4 heteroatoms. The molecule has 2 heterocycles. The number of hydrogen-bond acceptors (Lipinski definition) is 4. The van der Waals surface area contributed by atoms with E-state index in [-0.39, 0.29) is 12.2 Å². The van der Waals surface area contributed by atoms with Crippen LogP contribution in [0.15, 0.2) is 55.1 Å². The van der Waals surface area contributed by atoms with Gasteiger partial charge >= 0.3 is 0 Å². The van der Waals surface area contributed by atoms with E-state index in [4.69, 9.17) is 18.9 Å². The lowest BCUT2D eigenvalue weighted by atomic mass is 10.0. The molecule has 2 saturated heterocycles. The molecule has 4 nitrogen and oxygen atoms in total. The van der Waals surface area contributed by atoms with Crippen LogP contribution in [0.2, 0.25) is 0 Å². The molecule has 0 N–H and O–H groups in total. The standard InChI is InChI=1S/C21H22O4/c1-2-3-17-10-16(6-9-21(17)25-14-20-13-24-20)15-4-7-18(8-5-15)22-11-19-12-23-19/h2,4-10,19-20H,1,3,11-14H2/t19-,20?/m1/s1. The van der Waals surface area contributed by atoms with Crippen molar-refractivity contribution in [2.24, 2.45) is 0 Å². The summed E-state index contributed by atoms with van der Waals surface area (Å²) in [6, 6.07) is 14.4. The summed E-state index contributed by atoms with van der Waals surface area (Å²) < 4.78 is 21.9. The van der Waals surface area contributed by atoms with E-state index in [0.717, 1.165) is 47.8 Å². The van der Waals surface area contributed by atoms with E-state index in [0.29, 0.717) is 13.2 Å². The quantitative estimate of drug-likeness (QED) is 0.517. The van der Waals surface area contributed by atoms with Gasteiger partial charge in [0, 0.05) is 0 Å². The van der Waals surface area contributed by atoms with Crippen molar-refractivity contribution in [2.45, 2.75) is 18.6 Å². The van der Waals surface area contributed by atoms with Crippen LogP contribution in [-0.4, -0.2) is 38.6 Å². The van der Waals surface area contributed by atoms with Crippen LogP contribution < -0.4 is 9.47 Å². The van der Waals surface area contributed by atoms with Crippen LogP contribution in [0.25, 0.3) is 11.1 Å². The normalized spacial score (nSPS) is 20.8. The van der Waals surface area contributed by atoms with E-state index in [1.807, 2.05) is 24.3 Å². The average Bonchev–Trinajstić information content (AvgIpc) is 3.55. The molecular weight excluding hydrogens is 316 g/mol.